The van der Waals surface area contributed by atoms with E-state index in [4.69, 9.17) is 5.11 Å². The van der Waals surface area contributed by atoms with Gasteiger partial charge in [-0.05, 0) is 24.6 Å². The first kappa shape index (κ1) is 19.9. The van der Waals surface area contributed by atoms with Crippen LogP contribution in [-0.4, -0.2) is 21.0 Å². The smallest absolute Gasteiger partial charge is 0.335 e. The molecule has 0 aliphatic heterocycles. The van der Waals surface area contributed by atoms with Crippen molar-refractivity contribution in [1.29, 1.82) is 5.26 Å². The third-order valence-corrected chi connectivity index (χ3v) is 4.42. The number of nitriles is 1. The minimum atomic E-state index is -1.00. The average Bonchev–Trinajstić information content (AvgIpc) is 2.66. The lowest BCUT2D eigenvalue weighted by Crippen LogP contribution is -2.16. The van der Waals surface area contributed by atoms with E-state index in [1.54, 1.807) is 42.5 Å². The Labute approximate surface area is 160 Å². The van der Waals surface area contributed by atoms with E-state index in [1.165, 1.54) is 17.8 Å². The summed E-state index contributed by atoms with van der Waals surface area (Å²) in [4.78, 5) is 30.4. The summed E-state index contributed by atoms with van der Waals surface area (Å²) in [5.41, 5.74) is 1.26. The predicted octanol–water partition coefficient (Wildman–Crippen LogP) is 3.78. The number of rotatable bonds is 7. The Morgan fingerprint density at radius 2 is 2.26 bits per heavy atom. The summed E-state index contributed by atoms with van der Waals surface area (Å²) in [6, 6.07) is 8.44. The number of hydrogen-bond acceptors (Lipinski definition) is 5. The maximum atomic E-state index is 12.3. The molecule has 0 bridgehead atoms. The van der Waals surface area contributed by atoms with Crippen LogP contribution in [0.5, 0.6) is 0 Å². The number of thioether (sulfide) groups is 1. The van der Waals surface area contributed by atoms with Crippen molar-refractivity contribution in [2.24, 2.45) is 0 Å². The summed E-state index contributed by atoms with van der Waals surface area (Å²) in [7, 11) is 0. The summed E-state index contributed by atoms with van der Waals surface area (Å²) in [6.07, 6.45) is 6.76. The van der Waals surface area contributed by atoms with Crippen molar-refractivity contribution in [2.75, 3.05) is 0 Å². The fourth-order valence-electron chi connectivity index (χ4n) is 2.30. The Bertz CT molecular complexity index is 1030. The molecule has 0 unspecified atom stereocenters. The van der Waals surface area contributed by atoms with Crippen molar-refractivity contribution >= 4 is 23.3 Å². The van der Waals surface area contributed by atoms with Gasteiger partial charge in [-0.3, -0.25) is 4.79 Å². The zero-order chi connectivity index (χ0) is 19.8. The number of benzene rings is 1. The molecule has 6 nitrogen and oxygen atoms in total. The van der Waals surface area contributed by atoms with Crippen LogP contribution >= 0.6 is 11.8 Å². The fourth-order valence-corrected chi connectivity index (χ4v) is 3.10. The topological polar surface area (TPSA) is 107 Å². The van der Waals surface area contributed by atoms with Gasteiger partial charge in [0.25, 0.3) is 5.56 Å². The first-order valence-electron chi connectivity index (χ1n) is 7.95. The van der Waals surface area contributed by atoms with Crippen LogP contribution in [0.1, 0.15) is 34.1 Å². The van der Waals surface area contributed by atoms with Gasteiger partial charge in [0.2, 0.25) is 0 Å². The lowest BCUT2D eigenvalue weighted by molar-refractivity contribution is 0.0697. The SMILES string of the molecule is C=C/C=C(\C=C/C)c1nc(SCc2cccc(C(=O)O)c2)[nH]c(=O)c1C#N. The number of aromatic carboxylic acids is 1. The standard InChI is InChI=1S/C20H17N3O3S/c1-3-6-14(7-4-2)17-16(11-21)18(24)23-20(22-17)27-12-13-8-5-9-15(10-13)19(25)26/h3-10H,1,12H2,2H3,(H,25,26)(H,22,23,24)/b7-4-,14-6+. The summed E-state index contributed by atoms with van der Waals surface area (Å²) in [5, 5.41) is 18.7. The van der Waals surface area contributed by atoms with E-state index in [-0.39, 0.29) is 16.8 Å². The van der Waals surface area contributed by atoms with Gasteiger partial charge in [0.05, 0.1) is 11.3 Å². The average molecular weight is 379 g/mol. The normalized spacial score (nSPS) is 11.3. The molecule has 1 aromatic heterocycles. The highest BCUT2D eigenvalue weighted by Gasteiger charge is 2.14. The first-order valence-corrected chi connectivity index (χ1v) is 8.94. The molecule has 0 amide bonds. The Hall–Kier alpha value is -3.37. The number of nitrogens with zero attached hydrogens (tertiary/aromatic N) is 2. The van der Waals surface area contributed by atoms with E-state index in [9.17, 15) is 14.9 Å². The summed E-state index contributed by atoms with van der Waals surface area (Å²) >= 11 is 1.25. The number of hydrogen-bond donors (Lipinski definition) is 2. The highest BCUT2D eigenvalue weighted by molar-refractivity contribution is 7.98. The van der Waals surface area contributed by atoms with E-state index in [0.717, 1.165) is 5.56 Å². The van der Waals surface area contributed by atoms with E-state index in [0.29, 0.717) is 16.5 Å². The van der Waals surface area contributed by atoms with Gasteiger partial charge in [-0.2, -0.15) is 5.26 Å². The second-order valence-corrected chi connectivity index (χ2v) is 6.32. The monoisotopic (exact) mass is 379 g/mol. The number of carboxylic acids is 1. The van der Waals surface area contributed by atoms with E-state index in [1.807, 2.05) is 13.0 Å². The number of H-pyrrole nitrogens is 1. The summed E-state index contributed by atoms with van der Waals surface area (Å²) in [6.45, 7) is 5.47. The molecule has 136 valence electrons. The summed E-state index contributed by atoms with van der Waals surface area (Å²) < 4.78 is 0. The van der Waals surface area contributed by atoms with Crippen molar-refractivity contribution in [1.82, 2.24) is 9.97 Å². The minimum Gasteiger partial charge on any atom is -0.478 e. The van der Waals surface area contributed by atoms with Crippen LogP contribution in [0.25, 0.3) is 5.57 Å². The van der Waals surface area contributed by atoms with Gasteiger partial charge in [0.1, 0.15) is 11.6 Å². The Morgan fingerprint density at radius 1 is 1.48 bits per heavy atom. The molecule has 2 N–H and O–H groups in total. The van der Waals surface area contributed by atoms with Crippen molar-refractivity contribution in [3.8, 4) is 6.07 Å². The highest BCUT2D eigenvalue weighted by atomic mass is 32.2. The zero-order valence-corrected chi connectivity index (χ0v) is 15.4. The van der Waals surface area contributed by atoms with Crippen LogP contribution < -0.4 is 5.56 Å². The van der Waals surface area contributed by atoms with Crippen LogP contribution in [-0.2, 0) is 5.75 Å². The second kappa shape index (κ2) is 9.36. The molecule has 2 aromatic rings. The number of nitrogens with one attached hydrogen (secondary N) is 1. The molecule has 27 heavy (non-hydrogen) atoms. The zero-order valence-electron chi connectivity index (χ0n) is 14.6. The lowest BCUT2D eigenvalue weighted by Gasteiger charge is -2.07. The second-order valence-electron chi connectivity index (χ2n) is 5.36. The predicted molar refractivity (Wildman–Crippen MR) is 106 cm³/mol. The molecule has 0 aliphatic rings. The molecular formula is C20H17N3O3S. The number of allylic oxidation sites excluding steroid dienone is 5. The van der Waals surface area contributed by atoms with Crippen molar-refractivity contribution in [3.05, 3.63) is 87.9 Å². The molecule has 1 aromatic carbocycles. The van der Waals surface area contributed by atoms with Crippen molar-refractivity contribution < 1.29 is 9.90 Å². The maximum absolute atomic E-state index is 12.3. The molecule has 0 saturated carbocycles. The van der Waals surface area contributed by atoms with Gasteiger partial charge in [0.15, 0.2) is 5.16 Å². The van der Waals surface area contributed by atoms with Gasteiger partial charge in [-0.25, -0.2) is 9.78 Å². The molecule has 7 heteroatoms. The Kier molecular flexibility index (Phi) is 6.92. The molecule has 0 saturated heterocycles. The van der Waals surface area contributed by atoms with Gasteiger partial charge in [0, 0.05) is 11.3 Å². The molecule has 0 radical (unpaired) electrons. The van der Waals surface area contributed by atoms with E-state index in [2.05, 4.69) is 16.5 Å². The lowest BCUT2D eigenvalue weighted by atomic mass is 10.1. The fraction of sp³-hybridized carbons (Fsp3) is 0.100. The third-order valence-electron chi connectivity index (χ3n) is 3.48. The number of aromatic amines is 1. The first-order chi connectivity index (χ1) is 13.0. The highest BCUT2D eigenvalue weighted by Crippen LogP contribution is 2.23. The third kappa shape index (κ3) is 5.06. The van der Waals surface area contributed by atoms with Crippen LogP contribution in [0.15, 0.2) is 65.1 Å². The molecule has 2 rings (SSSR count). The molecule has 0 atom stereocenters. The number of carbonyl (C=O) groups is 1. The minimum absolute atomic E-state index is 0.0709. The molecule has 0 spiro atoms. The Balaban J connectivity index is 2.39. The van der Waals surface area contributed by atoms with E-state index < -0.39 is 11.5 Å². The van der Waals surface area contributed by atoms with Crippen molar-refractivity contribution in [2.45, 2.75) is 17.8 Å². The van der Waals surface area contributed by atoms with E-state index >= 15 is 0 Å². The van der Waals surface area contributed by atoms with Crippen LogP contribution in [0.2, 0.25) is 0 Å². The van der Waals surface area contributed by atoms with Gasteiger partial charge >= 0.3 is 5.97 Å². The van der Waals surface area contributed by atoms with Gasteiger partial charge in [-0.1, -0.05) is 54.8 Å². The van der Waals surface area contributed by atoms with Gasteiger partial charge in [-0.15, -0.1) is 0 Å². The van der Waals surface area contributed by atoms with Gasteiger partial charge < -0.3 is 10.1 Å². The molecule has 0 fully saturated rings. The number of aromatic nitrogens is 2. The maximum Gasteiger partial charge on any atom is 0.335 e. The molecule has 0 aliphatic carbocycles. The molecule has 1 heterocycles. The van der Waals surface area contributed by atoms with Crippen LogP contribution in [0.4, 0.5) is 0 Å². The molecular weight excluding hydrogens is 362 g/mol. The Morgan fingerprint density at radius 3 is 2.89 bits per heavy atom. The summed E-state index contributed by atoms with van der Waals surface area (Å²) in [5.74, 6) is -0.584. The number of carboxylic acid groups (broad SMARTS) is 1. The van der Waals surface area contributed by atoms with Crippen LogP contribution in [0.3, 0.4) is 0 Å². The largest absolute Gasteiger partial charge is 0.478 e. The quantitative estimate of drug-likeness (QED) is 0.431. The van der Waals surface area contributed by atoms with Crippen molar-refractivity contribution in [3.63, 3.8) is 0 Å². The van der Waals surface area contributed by atoms with Crippen LogP contribution in [0, 0.1) is 11.3 Å².